The number of amides is 1. The standard InChI is InChI=1S/C18H19N3O2/c19-18(22)16-12(11-21-7-9-23-10-8-21)5-6-14-13-3-1-2-4-15(13)20-17(14)16/h1-6,20H,7-11H2,(H2,19,22). The second kappa shape index (κ2) is 5.68. The number of hydrogen-bond donors (Lipinski definition) is 2. The van der Waals surface area contributed by atoms with Gasteiger partial charge < -0.3 is 15.5 Å². The van der Waals surface area contributed by atoms with Crippen molar-refractivity contribution in [3.63, 3.8) is 0 Å². The summed E-state index contributed by atoms with van der Waals surface area (Å²) in [6.07, 6.45) is 0. The SMILES string of the molecule is NC(=O)c1c(CN2CCOCC2)ccc2c1[nH]c1ccccc12. The van der Waals surface area contributed by atoms with E-state index in [1.807, 2.05) is 24.3 Å². The van der Waals surface area contributed by atoms with Crippen LogP contribution < -0.4 is 5.73 Å². The van der Waals surface area contributed by atoms with Crippen molar-refractivity contribution in [3.05, 3.63) is 47.5 Å². The molecule has 4 rings (SSSR count). The summed E-state index contributed by atoms with van der Waals surface area (Å²) in [7, 11) is 0. The number of fused-ring (bicyclic) bond motifs is 3. The van der Waals surface area contributed by atoms with Crippen molar-refractivity contribution in [3.8, 4) is 0 Å². The van der Waals surface area contributed by atoms with Crippen LogP contribution in [0.3, 0.4) is 0 Å². The Kier molecular flexibility index (Phi) is 3.52. The van der Waals surface area contributed by atoms with Gasteiger partial charge in [-0.15, -0.1) is 0 Å². The molecule has 1 aliphatic rings. The largest absolute Gasteiger partial charge is 0.379 e. The van der Waals surface area contributed by atoms with Crippen LogP contribution in [0.2, 0.25) is 0 Å². The van der Waals surface area contributed by atoms with Gasteiger partial charge in [0.1, 0.15) is 0 Å². The predicted molar refractivity (Wildman–Crippen MR) is 90.4 cm³/mol. The first kappa shape index (κ1) is 14.2. The molecule has 0 bridgehead atoms. The summed E-state index contributed by atoms with van der Waals surface area (Å²) in [4.78, 5) is 17.8. The Bertz CT molecular complexity index is 878. The van der Waals surface area contributed by atoms with Gasteiger partial charge >= 0.3 is 0 Å². The molecule has 0 atom stereocenters. The van der Waals surface area contributed by atoms with Crippen molar-refractivity contribution in [2.75, 3.05) is 26.3 Å². The number of nitrogens with one attached hydrogen (secondary N) is 1. The van der Waals surface area contributed by atoms with E-state index in [1.165, 1.54) is 0 Å². The van der Waals surface area contributed by atoms with E-state index in [1.54, 1.807) is 0 Å². The Morgan fingerprint density at radius 3 is 2.70 bits per heavy atom. The highest BCUT2D eigenvalue weighted by atomic mass is 16.5. The highest BCUT2D eigenvalue weighted by Gasteiger charge is 2.19. The number of benzene rings is 2. The fraction of sp³-hybridized carbons (Fsp3) is 0.278. The number of morpholine rings is 1. The third-order valence-corrected chi connectivity index (χ3v) is 4.51. The number of carbonyl (C=O) groups excluding carboxylic acids is 1. The Balaban J connectivity index is 1.85. The van der Waals surface area contributed by atoms with E-state index < -0.39 is 0 Å². The predicted octanol–water partition coefficient (Wildman–Crippen LogP) is 2.25. The van der Waals surface area contributed by atoms with E-state index in [0.717, 1.165) is 53.7 Å². The highest BCUT2D eigenvalue weighted by Crippen LogP contribution is 2.30. The molecule has 1 amide bonds. The zero-order chi connectivity index (χ0) is 15.8. The summed E-state index contributed by atoms with van der Waals surface area (Å²) < 4.78 is 5.39. The van der Waals surface area contributed by atoms with Gasteiger partial charge in [-0.1, -0.05) is 30.3 Å². The third-order valence-electron chi connectivity index (χ3n) is 4.51. The molecule has 5 heteroatoms. The maximum atomic E-state index is 12.1. The summed E-state index contributed by atoms with van der Waals surface area (Å²) in [5, 5.41) is 2.16. The third kappa shape index (κ3) is 2.48. The number of hydrogen-bond acceptors (Lipinski definition) is 3. The summed E-state index contributed by atoms with van der Waals surface area (Å²) >= 11 is 0. The quantitative estimate of drug-likeness (QED) is 0.779. The molecule has 0 aliphatic carbocycles. The monoisotopic (exact) mass is 309 g/mol. The van der Waals surface area contributed by atoms with Crippen LogP contribution in [-0.4, -0.2) is 42.1 Å². The number of aromatic nitrogens is 1. The maximum absolute atomic E-state index is 12.1. The van der Waals surface area contributed by atoms with E-state index in [-0.39, 0.29) is 5.91 Å². The van der Waals surface area contributed by atoms with Crippen molar-refractivity contribution in [2.45, 2.75) is 6.54 Å². The van der Waals surface area contributed by atoms with Crippen LogP contribution >= 0.6 is 0 Å². The average molecular weight is 309 g/mol. The van der Waals surface area contributed by atoms with Gasteiger partial charge in [0, 0.05) is 35.9 Å². The molecule has 3 aromatic rings. The highest BCUT2D eigenvalue weighted by molar-refractivity contribution is 6.15. The van der Waals surface area contributed by atoms with Gasteiger partial charge in [-0.25, -0.2) is 0 Å². The molecular weight excluding hydrogens is 290 g/mol. The number of nitrogens with zero attached hydrogens (tertiary/aromatic N) is 1. The zero-order valence-electron chi connectivity index (χ0n) is 12.8. The molecule has 23 heavy (non-hydrogen) atoms. The fourth-order valence-corrected chi connectivity index (χ4v) is 3.38. The second-order valence-corrected chi connectivity index (χ2v) is 5.95. The van der Waals surface area contributed by atoms with Gasteiger partial charge in [0.05, 0.1) is 24.3 Å². The van der Waals surface area contributed by atoms with Gasteiger partial charge in [0.15, 0.2) is 0 Å². The molecule has 2 aromatic carbocycles. The summed E-state index contributed by atoms with van der Waals surface area (Å²) in [6.45, 7) is 3.94. The lowest BCUT2D eigenvalue weighted by molar-refractivity contribution is 0.0341. The molecule has 0 spiro atoms. The summed E-state index contributed by atoms with van der Waals surface area (Å²) in [6, 6.07) is 12.2. The molecule has 3 N–H and O–H groups in total. The van der Waals surface area contributed by atoms with Crippen LogP contribution in [0, 0.1) is 0 Å². The number of primary amides is 1. The van der Waals surface area contributed by atoms with Crippen LogP contribution in [0.1, 0.15) is 15.9 Å². The van der Waals surface area contributed by atoms with Crippen LogP contribution in [0.15, 0.2) is 36.4 Å². The first-order valence-corrected chi connectivity index (χ1v) is 7.86. The Morgan fingerprint density at radius 1 is 1.13 bits per heavy atom. The van der Waals surface area contributed by atoms with E-state index in [2.05, 4.69) is 22.0 Å². The molecule has 1 saturated heterocycles. The number of rotatable bonds is 3. The minimum atomic E-state index is -0.384. The van der Waals surface area contributed by atoms with E-state index in [0.29, 0.717) is 12.1 Å². The molecular formula is C18H19N3O2. The Labute approximate surface area is 134 Å². The fourth-order valence-electron chi connectivity index (χ4n) is 3.38. The lowest BCUT2D eigenvalue weighted by Crippen LogP contribution is -2.36. The molecule has 1 aliphatic heterocycles. The minimum Gasteiger partial charge on any atom is -0.379 e. The summed E-state index contributed by atoms with van der Waals surface area (Å²) in [5.74, 6) is -0.384. The van der Waals surface area contributed by atoms with Crippen LogP contribution in [0.5, 0.6) is 0 Å². The summed E-state index contributed by atoms with van der Waals surface area (Å²) in [5.41, 5.74) is 9.14. The molecule has 0 radical (unpaired) electrons. The Hall–Kier alpha value is -2.37. The second-order valence-electron chi connectivity index (χ2n) is 5.95. The lowest BCUT2D eigenvalue weighted by atomic mass is 10.0. The number of para-hydroxylation sites is 1. The zero-order valence-corrected chi connectivity index (χ0v) is 12.8. The van der Waals surface area contributed by atoms with E-state index in [9.17, 15) is 4.79 Å². The molecule has 118 valence electrons. The number of nitrogens with two attached hydrogens (primary N) is 1. The van der Waals surface area contributed by atoms with Gasteiger partial charge in [-0.2, -0.15) is 0 Å². The molecule has 5 nitrogen and oxygen atoms in total. The number of ether oxygens (including phenoxy) is 1. The van der Waals surface area contributed by atoms with Crippen molar-refractivity contribution in [1.29, 1.82) is 0 Å². The lowest BCUT2D eigenvalue weighted by Gasteiger charge is -2.27. The van der Waals surface area contributed by atoms with Gasteiger partial charge in [0.25, 0.3) is 5.91 Å². The molecule has 0 saturated carbocycles. The first-order valence-electron chi connectivity index (χ1n) is 7.86. The van der Waals surface area contributed by atoms with Crippen molar-refractivity contribution >= 4 is 27.7 Å². The first-order chi connectivity index (χ1) is 11.2. The van der Waals surface area contributed by atoms with Crippen LogP contribution in [0.4, 0.5) is 0 Å². The molecule has 2 heterocycles. The number of H-pyrrole nitrogens is 1. The maximum Gasteiger partial charge on any atom is 0.251 e. The van der Waals surface area contributed by atoms with Gasteiger partial charge in [-0.3, -0.25) is 9.69 Å². The average Bonchev–Trinajstić information content (AvgIpc) is 2.93. The van der Waals surface area contributed by atoms with Gasteiger partial charge in [0.2, 0.25) is 0 Å². The van der Waals surface area contributed by atoms with Crippen molar-refractivity contribution in [1.82, 2.24) is 9.88 Å². The minimum absolute atomic E-state index is 0.384. The number of aromatic amines is 1. The van der Waals surface area contributed by atoms with E-state index >= 15 is 0 Å². The van der Waals surface area contributed by atoms with Crippen molar-refractivity contribution < 1.29 is 9.53 Å². The normalized spacial score (nSPS) is 16.2. The smallest absolute Gasteiger partial charge is 0.251 e. The van der Waals surface area contributed by atoms with Crippen LogP contribution in [-0.2, 0) is 11.3 Å². The molecule has 1 fully saturated rings. The Morgan fingerprint density at radius 2 is 1.91 bits per heavy atom. The van der Waals surface area contributed by atoms with Crippen LogP contribution in [0.25, 0.3) is 21.8 Å². The van der Waals surface area contributed by atoms with E-state index in [4.69, 9.17) is 10.5 Å². The molecule has 0 unspecified atom stereocenters. The molecule has 1 aromatic heterocycles. The van der Waals surface area contributed by atoms with Crippen molar-refractivity contribution in [2.24, 2.45) is 5.73 Å². The van der Waals surface area contributed by atoms with Gasteiger partial charge in [-0.05, 0) is 11.6 Å². The number of carbonyl (C=O) groups is 1. The topological polar surface area (TPSA) is 71.3 Å².